The number of carbonyl (C=O) groups is 1. The standard InChI is InChI=1S/C10H11NO2/c12-7-13-6-8-1-2-10-9(5-8)3-4-11-10/h1-2,5,7,11H,3-4,6H2. The van der Waals surface area contributed by atoms with Gasteiger partial charge in [0.2, 0.25) is 0 Å². The van der Waals surface area contributed by atoms with Crippen LogP contribution in [-0.2, 0) is 22.6 Å². The molecule has 1 aliphatic heterocycles. The van der Waals surface area contributed by atoms with E-state index >= 15 is 0 Å². The Morgan fingerprint density at radius 1 is 1.54 bits per heavy atom. The second-order valence-corrected chi connectivity index (χ2v) is 3.08. The Bertz CT molecular complexity index is 323. The zero-order chi connectivity index (χ0) is 9.10. The summed E-state index contributed by atoms with van der Waals surface area (Å²) < 4.78 is 4.68. The minimum atomic E-state index is 0.372. The van der Waals surface area contributed by atoms with Gasteiger partial charge in [0, 0.05) is 12.2 Å². The van der Waals surface area contributed by atoms with Gasteiger partial charge in [-0.1, -0.05) is 12.1 Å². The third kappa shape index (κ3) is 1.64. The molecule has 2 rings (SSSR count). The van der Waals surface area contributed by atoms with Crippen LogP contribution in [-0.4, -0.2) is 13.0 Å². The molecule has 0 radical (unpaired) electrons. The number of nitrogens with one attached hydrogen (secondary N) is 1. The Morgan fingerprint density at radius 3 is 3.31 bits per heavy atom. The minimum Gasteiger partial charge on any atom is -0.463 e. The predicted molar refractivity (Wildman–Crippen MR) is 49.5 cm³/mol. The van der Waals surface area contributed by atoms with Crippen molar-refractivity contribution in [1.29, 1.82) is 0 Å². The largest absolute Gasteiger partial charge is 0.463 e. The average Bonchev–Trinajstić information content (AvgIpc) is 2.61. The van der Waals surface area contributed by atoms with E-state index in [1.165, 1.54) is 11.3 Å². The molecule has 0 spiro atoms. The van der Waals surface area contributed by atoms with Crippen molar-refractivity contribution < 1.29 is 9.53 Å². The van der Waals surface area contributed by atoms with Gasteiger partial charge < -0.3 is 10.1 Å². The summed E-state index contributed by atoms with van der Waals surface area (Å²) in [4.78, 5) is 9.98. The number of hydrogen-bond donors (Lipinski definition) is 1. The van der Waals surface area contributed by atoms with E-state index in [1.807, 2.05) is 12.1 Å². The van der Waals surface area contributed by atoms with Gasteiger partial charge in [-0.25, -0.2) is 0 Å². The SMILES string of the molecule is O=COCc1ccc2c(c1)CCN2. The van der Waals surface area contributed by atoms with Crippen LogP contribution in [0.2, 0.25) is 0 Å². The lowest BCUT2D eigenvalue weighted by molar-refractivity contribution is -0.129. The van der Waals surface area contributed by atoms with Crippen LogP contribution in [0.4, 0.5) is 5.69 Å². The van der Waals surface area contributed by atoms with Crippen LogP contribution in [0.15, 0.2) is 18.2 Å². The fourth-order valence-corrected chi connectivity index (χ4v) is 1.58. The third-order valence-corrected chi connectivity index (χ3v) is 2.20. The van der Waals surface area contributed by atoms with E-state index in [0.717, 1.165) is 18.5 Å². The topological polar surface area (TPSA) is 38.3 Å². The number of anilines is 1. The van der Waals surface area contributed by atoms with E-state index in [-0.39, 0.29) is 0 Å². The predicted octanol–water partition coefficient (Wildman–Crippen LogP) is 1.33. The molecule has 0 fully saturated rings. The molecule has 0 aliphatic carbocycles. The van der Waals surface area contributed by atoms with Crippen molar-refractivity contribution >= 4 is 12.2 Å². The molecule has 1 aromatic carbocycles. The molecule has 0 saturated heterocycles. The Morgan fingerprint density at radius 2 is 2.46 bits per heavy atom. The minimum absolute atomic E-state index is 0.372. The van der Waals surface area contributed by atoms with E-state index < -0.39 is 0 Å². The Labute approximate surface area is 76.7 Å². The maximum Gasteiger partial charge on any atom is 0.293 e. The van der Waals surface area contributed by atoms with Crippen LogP contribution in [0.3, 0.4) is 0 Å². The molecule has 1 N–H and O–H groups in total. The molecule has 1 aromatic rings. The first kappa shape index (κ1) is 8.10. The number of rotatable bonds is 3. The fraction of sp³-hybridized carbons (Fsp3) is 0.300. The molecule has 0 bridgehead atoms. The van der Waals surface area contributed by atoms with E-state index in [4.69, 9.17) is 0 Å². The number of hydrogen-bond acceptors (Lipinski definition) is 3. The van der Waals surface area contributed by atoms with Crippen molar-refractivity contribution in [2.24, 2.45) is 0 Å². The van der Waals surface area contributed by atoms with Crippen LogP contribution >= 0.6 is 0 Å². The van der Waals surface area contributed by atoms with E-state index in [9.17, 15) is 4.79 Å². The van der Waals surface area contributed by atoms with Gasteiger partial charge in [0.05, 0.1) is 0 Å². The van der Waals surface area contributed by atoms with Crippen molar-refractivity contribution in [3.05, 3.63) is 29.3 Å². The summed E-state index contributed by atoms with van der Waals surface area (Å²) in [6.07, 6.45) is 1.06. The summed E-state index contributed by atoms with van der Waals surface area (Å²) in [6, 6.07) is 6.09. The van der Waals surface area contributed by atoms with Gasteiger partial charge >= 0.3 is 0 Å². The number of benzene rings is 1. The number of carbonyl (C=O) groups excluding carboxylic acids is 1. The highest BCUT2D eigenvalue weighted by atomic mass is 16.5. The lowest BCUT2D eigenvalue weighted by Gasteiger charge is -2.02. The van der Waals surface area contributed by atoms with Crippen LogP contribution in [0.5, 0.6) is 0 Å². The lowest BCUT2D eigenvalue weighted by atomic mass is 10.1. The summed E-state index contributed by atoms with van der Waals surface area (Å²) in [5.41, 5.74) is 3.57. The first-order valence-corrected chi connectivity index (χ1v) is 4.31. The number of fused-ring (bicyclic) bond motifs is 1. The van der Waals surface area contributed by atoms with Gasteiger partial charge in [-0.05, 0) is 23.6 Å². The van der Waals surface area contributed by atoms with Crippen LogP contribution in [0, 0.1) is 0 Å². The highest BCUT2D eigenvalue weighted by Gasteiger charge is 2.09. The smallest absolute Gasteiger partial charge is 0.293 e. The third-order valence-electron chi connectivity index (χ3n) is 2.20. The summed E-state index contributed by atoms with van der Waals surface area (Å²) in [5.74, 6) is 0. The Hall–Kier alpha value is -1.51. The van der Waals surface area contributed by atoms with Crippen molar-refractivity contribution in [1.82, 2.24) is 0 Å². The molecule has 1 heterocycles. The molecule has 3 heteroatoms. The van der Waals surface area contributed by atoms with Crippen molar-refractivity contribution in [3.8, 4) is 0 Å². The summed E-state index contributed by atoms with van der Waals surface area (Å²) in [6.45, 7) is 1.86. The second-order valence-electron chi connectivity index (χ2n) is 3.08. The Kier molecular flexibility index (Phi) is 2.17. The highest BCUT2D eigenvalue weighted by Crippen LogP contribution is 2.23. The molecular weight excluding hydrogens is 166 g/mol. The van der Waals surface area contributed by atoms with Crippen LogP contribution < -0.4 is 5.32 Å². The normalized spacial score (nSPS) is 13.2. The molecule has 0 atom stereocenters. The quantitative estimate of drug-likeness (QED) is 0.708. The van der Waals surface area contributed by atoms with Crippen LogP contribution in [0.25, 0.3) is 0 Å². The maximum absolute atomic E-state index is 9.98. The van der Waals surface area contributed by atoms with E-state index in [1.54, 1.807) is 0 Å². The summed E-state index contributed by atoms with van der Waals surface area (Å²) in [5, 5.41) is 3.27. The maximum atomic E-state index is 9.98. The molecule has 13 heavy (non-hydrogen) atoms. The van der Waals surface area contributed by atoms with Gasteiger partial charge in [-0.2, -0.15) is 0 Å². The van der Waals surface area contributed by atoms with Gasteiger partial charge in [0.15, 0.2) is 0 Å². The first-order chi connectivity index (χ1) is 6.40. The second kappa shape index (κ2) is 3.47. The molecule has 0 amide bonds. The van der Waals surface area contributed by atoms with Crippen molar-refractivity contribution in [3.63, 3.8) is 0 Å². The van der Waals surface area contributed by atoms with Gasteiger partial charge in [0.1, 0.15) is 6.61 Å². The van der Waals surface area contributed by atoms with Gasteiger partial charge in [-0.15, -0.1) is 0 Å². The van der Waals surface area contributed by atoms with Gasteiger partial charge in [-0.3, -0.25) is 4.79 Å². The summed E-state index contributed by atoms with van der Waals surface area (Å²) >= 11 is 0. The molecule has 3 nitrogen and oxygen atoms in total. The summed E-state index contributed by atoms with van der Waals surface area (Å²) in [7, 11) is 0. The van der Waals surface area contributed by atoms with Crippen molar-refractivity contribution in [2.75, 3.05) is 11.9 Å². The van der Waals surface area contributed by atoms with Crippen molar-refractivity contribution in [2.45, 2.75) is 13.0 Å². The first-order valence-electron chi connectivity index (χ1n) is 4.31. The van der Waals surface area contributed by atoms with E-state index in [2.05, 4.69) is 16.1 Å². The van der Waals surface area contributed by atoms with E-state index in [0.29, 0.717) is 13.1 Å². The fourth-order valence-electron chi connectivity index (χ4n) is 1.58. The zero-order valence-corrected chi connectivity index (χ0v) is 7.25. The molecule has 1 aliphatic rings. The number of ether oxygens (including phenoxy) is 1. The Balaban J connectivity index is 2.16. The highest BCUT2D eigenvalue weighted by molar-refractivity contribution is 5.56. The molecular formula is C10H11NO2. The average molecular weight is 177 g/mol. The zero-order valence-electron chi connectivity index (χ0n) is 7.25. The van der Waals surface area contributed by atoms with Crippen LogP contribution in [0.1, 0.15) is 11.1 Å². The molecule has 0 aromatic heterocycles. The lowest BCUT2D eigenvalue weighted by Crippen LogP contribution is -1.91. The monoisotopic (exact) mass is 177 g/mol. The molecule has 0 unspecified atom stereocenters. The molecule has 0 saturated carbocycles. The van der Waals surface area contributed by atoms with Gasteiger partial charge in [0.25, 0.3) is 6.47 Å². The molecule has 68 valence electrons.